The largest absolute Gasteiger partial charge is 0.384 e. The Hall–Kier alpha value is -3.68. The van der Waals surface area contributed by atoms with E-state index in [4.69, 9.17) is 11.1 Å². The first-order valence-corrected chi connectivity index (χ1v) is 14.6. The van der Waals surface area contributed by atoms with Crippen LogP contribution in [0.15, 0.2) is 54.6 Å². The van der Waals surface area contributed by atoms with Gasteiger partial charge >= 0.3 is 0 Å². The molecule has 2 aromatic carbocycles. The lowest BCUT2D eigenvalue weighted by Gasteiger charge is -2.37. The number of nitrogens with one attached hydrogen (secondary N) is 3. The number of amides is 3. The van der Waals surface area contributed by atoms with Crippen LogP contribution in [-0.2, 0) is 27.3 Å². The van der Waals surface area contributed by atoms with Crippen LogP contribution < -0.4 is 16.4 Å². The van der Waals surface area contributed by atoms with Gasteiger partial charge in [0.15, 0.2) is 0 Å². The maximum atomic E-state index is 14.2. The number of nitrogens with zero attached hydrogens (tertiary/aromatic N) is 1. The number of carbonyl (C=O) groups is 3. The third kappa shape index (κ3) is 7.09. The Labute approximate surface area is 237 Å². The van der Waals surface area contributed by atoms with E-state index < -0.39 is 12.1 Å². The smallest absolute Gasteiger partial charge is 0.246 e. The van der Waals surface area contributed by atoms with Gasteiger partial charge in [-0.3, -0.25) is 19.8 Å². The fourth-order valence-corrected chi connectivity index (χ4v) is 6.11. The van der Waals surface area contributed by atoms with E-state index in [1.54, 1.807) is 12.1 Å². The normalized spacial score (nSPS) is 21.6. The van der Waals surface area contributed by atoms with Crippen LogP contribution >= 0.6 is 0 Å². The summed E-state index contributed by atoms with van der Waals surface area (Å²) < 4.78 is 0. The van der Waals surface area contributed by atoms with Gasteiger partial charge in [0.25, 0.3) is 0 Å². The molecule has 1 aliphatic heterocycles. The lowest BCUT2D eigenvalue weighted by molar-refractivity contribution is -0.145. The quantitative estimate of drug-likeness (QED) is 0.252. The van der Waals surface area contributed by atoms with Gasteiger partial charge in [0, 0.05) is 24.6 Å². The van der Waals surface area contributed by atoms with Crippen molar-refractivity contribution in [2.75, 3.05) is 0 Å². The van der Waals surface area contributed by atoms with Gasteiger partial charge in [-0.05, 0) is 48.6 Å². The molecule has 1 saturated heterocycles. The van der Waals surface area contributed by atoms with Crippen molar-refractivity contribution in [3.05, 3.63) is 71.3 Å². The van der Waals surface area contributed by atoms with Crippen molar-refractivity contribution >= 4 is 23.6 Å². The molecule has 2 fully saturated rings. The zero-order chi connectivity index (χ0) is 28.6. The average molecular weight is 546 g/mol. The van der Waals surface area contributed by atoms with Gasteiger partial charge in [0.1, 0.15) is 17.9 Å². The second-order valence-electron chi connectivity index (χ2n) is 11.4. The minimum absolute atomic E-state index is 0.00122. The predicted molar refractivity (Wildman–Crippen MR) is 156 cm³/mol. The summed E-state index contributed by atoms with van der Waals surface area (Å²) in [6, 6.07) is 15.9. The van der Waals surface area contributed by atoms with Crippen molar-refractivity contribution < 1.29 is 14.4 Å². The Balaban J connectivity index is 1.47. The molecule has 0 spiro atoms. The van der Waals surface area contributed by atoms with Gasteiger partial charge in [-0.2, -0.15) is 0 Å². The second-order valence-corrected chi connectivity index (χ2v) is 11.4. The minimum Gasteiger partial charge on any atom is -0.384 e. The molecule has 5 N–H and O–H groups in total. The maximum Gasteiger partial charge on any atom is 0.246 e. The summed E-state index contributed by atoms with van der Waals surface area (Å²) in [6.07, 6.45) is 6.38. The number of benzene rings is 2. The van der Waals surface area contributed by atoms with Crippen LogP contribution in [-0.4, -0.2) is 46.6 Å². The topological polar surface area (TPSA) is 128 Å². The van der Waals surface area contributed by atoms with Gasteiger partial charge in [0.05, 0.1) is 0 Å². The van der Waals surface area contributed by atoms with Crippen molar-refractivity contribution in [2.45, 2.75) is 89.9 Å². The van der Waals surface area contributed by atoms with Crippen molar-refractivity contribution in [3.8, 4) is 0 Å². The van der Waals surface area contributed by atoms with Crippen LogP contribution in [0, 0.1) is 17.2 Å². The highest BCUT2D eigenvalue weighted by Crippen LogP contribution is 2.40. The SMILES string of the molecule is CC[C@H](C)[C@@H](NC(=O)CCc1ccccc1)C(=O)N1[C@H](C(=O)NCc2ccc(C(=N)N)cc2)C[C@@H]2CCCC[C@@H]21. The van der Waals surface area contributed by atoms with Gasteiger partial charge in [-0.25, -0.2) is 0 Å². The van der Waals surface area contributed by atoms with Gasteiger partial charge < -0.3 is 21.3 Å². The Morgan fingerprint density at radius 1 is 1.02 bits per heavy atom. The van der Waals surface area contributed by atoms with E-state index in [-0.39, 0.29) is 35.5 Å². The number of amidine groups is 1. The molecule has 5 atom stereocenters. The molecule has 8 heteroatoms. The van der Waals surface area contributed by atoms with E-state index in [9.17, 15) is 14.4 Å². The van der Waals surface area contributed by atoms with E-state index in [0.29, 0.717) is 37.3 Å². The number of fused-ring (bicyclic) bond motifs is 1. The number of carbonyl (C=O) groups excluding carboxylic acids is 3. The summed E-state index contributed by atoms with van der Waals surface area (Å²) in [4.78, 5) is 42.6. The number of hydrogen-bond acceptors (Lipinski definition) is 4. The fourth-order valence-electron chi connectivity index (χ4n) is 6.11. The molecule has 8 nitrogen and oxygen atoms in total. The summed E-state index contributed by atoms with van der Waals surface area (Å²) in [5, 5.41) is 13.7. The first kappa shape index (κ1) is 29.3. The van der Waals surface area contributed by atoms with E-state index in [1.165, 1.54) is 0 Å². The van der Waals surface area contributed by atoms with Crippen LogP contribution in [0.25, 0.3) is 0 Å². The van der Waals surface area contributed by atoms with Crippen LogP contribution in [0.5, 0.6) is 0 Å². The van der Waals surface area contributed by atoms with Crippen molar-refractivity contribution in [1.29, 1.82) is 5.41 Å². The van der Waals surface area contributed by atoms with E-state index >= 15 is 0 Å². The molecule has 0 bridgehead atoms. The molecule has 0 radical (unpaired) electrons. The van der Waals surface area contributed by atoms with Gasteiger partial charge in [-0.15, -0.1) is 0 Å². The van der Waals surface area contributed by atoms with Gasteiger partial charge in [-0.1, -0.05) is 87.7 Å². The number of nitrogen functional groups attached to an aromatic ring is 1. The molecule has 214 valence electrons. The highest BCUT2D eigenvalue weighted by atomic mass is 16.2. The number of aryl methyl sites for hydroxylation is 1. The molecule has 0 aromatic heterocycles. The highest BCUT2D eigenvalue weighted by molar-refractivity contribution is 5.95. The van der Waals surface area contributed by atoms with Crippen molar-refractivity contribution in [2.24, 2.45) is 17.6 Å². The van der Waals surface area contributed by atoms with Crippen LogP contribution in [0.4, 0.5) is 0 Å². The molecule has 2 aromatic rings. The van der Waals surface area contributed by atoms with Crippen molar-refractivity contribution in [3.63, 3.8) is 0 Å². The number of nitrogens with two attached hydrogens (primary N) is 1. The van der Waals surface area contributed by atoms with E-state index in [1.807, 2.05) is 61.2 Å². The predicted octanol–water partition coefficient (Wildman–Crippen LogP) is 3.91. The molecule has 2 aliphatic rings. The van der Waals surface area contributed by atoms with E-state index in [0.717, 1.165) is 43.2 Å². The zero-order valence-corrected chi connectivity index (χ0v) is 23.7. The van der Waals surface area contributed by atoms with E-state index in [2.05, 4.69) is 10.6 Å². The lowest BCUT2D eigenvalue weighted by atomic mass is 9.84. The average Bonchev–Trinajstić information content (AvgIpc) is 3.37. The molecule has 3 amide bonds. The van der Waals surface area contributed by atoms with Crippen molar-refractivity contribution in [1.82, 2.24) is 15.5 Å². The second kappa shape index (κ2) is 13.6. The Kier molecular flexibility index (Phi) is 9.96. The zero-order valence-electron chi connectivity index (χ0n) is 23.7. The first-order chi connectivity index (χ1) is 19.3. The Morgan fingerprint density at radius 2 is 1.73 bits per heavy atom. The van der Waals surface area contributed by atoms with Crippen LogP contribution in [0.1, 0.15) is 75.5 Å². The number of hydrogen-bond donors (Lipinski definition) is 4. The number of rotatable bonds is 11. The summed E-state index contributed by atoms with van der Waals surface area (Å²) in [7, 11) is 0. The third-order valence-corrected chi connectivity index (χ3v) is 8.66. The Morgan fingerprint density at radius 3 is 2.40 bits per heavy atom. The van der Waals surface area contributed by atoms with Gasteiger partial charge in [0.2, 0.25) is 17.7 Å². The summed E-state index contributed by atoms with van der Waals surface area (Å²) in [5.41, 5.74) is 8.16. The number of likely N-dealkylation sites (tertiary alicyclic amines) is 1. The molecule has 40 heavy (non-hydrogen) atoms. The molecular weight excluding hydrogens is 502 g/mol. The Bertz CT molecular complexity index is 1180. The standard InChI is InChI=1S/C32H43N5O3/c1-3-21(2)29(36-28(38)18-15-22-9-5-4-6-10-22)32(40)37-26-12-8-7-11-25(26)19-27(37)31(39)35-20-23-13-16-24(17-14-23)30(33)34/h4-6,9-10,13-14,16-17,21,25-27,29H,3,7-8,11-12,15,18-20H2,1-2H3,(H3,33,34)(H,35,39)(H,36,38)/t21-,25-,26-,27-,29+/m0/s1. The highest BCUT2D eigenvalue weighted by Gasteiger charge is 2.49. The van der Waals surface area contributed by atoms with Crippen LogP contribution in [0.3, 0.4) is 0 Å². The lowest BCUT2D eigenvalue weighted by Crippen LogP contribution is -2.58. The third-order valence-electron chi connectivity index (χ3n) is 8.66. The fraction of sp³-hybridized carbons (Fsp3) is 0.500. The molecule has 1 saturated carbocycles. The summed E-state index contributed by atoms with van der Waals surface area (Å²) in [5.74, 6) is -0.188. The maximum absolute atomic E-state index is 14.2. The molecule has 4 rings (SSSR count). The van der Waals surface area contributed by atoms with Crippen LogP contribution in [0.2, 0.25) is 0 Å². The summed E-state index contributed by atoms with van der Waals surface area (Å²) in [6.45, 7) is 4.35. The minimum atomic E-state index is -0.664. The molecule has 1 aliphatic carbocycles. The first-order valence-electron chi connectivity index (χ1n) is 14.6. The molecular formula is C32H43N5O3. The molecule has 1 heterocycles. The molecule has 0 unspecified atom stereocenters. The summed E-state index contributed by atoms with van der Waals surface area (Å²) >= 11 is 0. The monoisotopic (exact) mass is 545 g/mol.